The molecule has 0 amide bonds. The van der Waals surface area contributed by atoms with Crippen molar-refractivity contribution in [2.24, 2.45) is 0 Å². The van der Waals surface area contributed by atoms with Gasteiger partial charge in [0, 0.05) is 0 Å². The van der Waals surface area contributed by atoms with Crippen molar-refractivity contribution in [3.63, 3.8) is 0 Å². The Kier molecular flexibility index (Phi) is 4.34. The Morgan fingerprint density at radius 2 is 1.83 bits per heavy atom. The quantitative estimate of drug-likeness (QED) is 0.783. The molecule has 3 nitrogen and oxygen atoms in total. The van der Waals surface area contributed by atoms with E-state index in [4.69, 9.17) is 0 Å². The van der Waals surface area contributed by atoms with Gasteiger partial charge in [-0.1, -0.05) is 18.2 Å². The Balaban J connectivity index is 3.33. The normalized spacial score (nSPS) is 13.5. The van der Waals surface area contributed by atoms with Crippen LogP contribution in [0.1, 0.15) is 17.2 Å². The first-order chi connectivity index (χ1) is 8.29. The molecule has 18 heavy (non-hydrogen) atoms. The SMILES string of the molecule is COC(=O)C(c1ccccc1C(F)(F)F)N(C)C. The van der Waals surface area contributed by atoms with E-state index in [-0.39, 0.29) is 5.56 Å². The summed E-state index contributed by atoms with van der Waals surface area (Å²) in [5, 5.41) is 0. The number of ether oxygens (including phenoxy) is 1. The number of benzene rings is 1. The zero-order valence-corrected chi connectivity index (χ0v) is 10.3. The second-order valence-electron chi connectivity index (χ2n) is 3.97. The van der Waals surface area contributed by atoms with Gasteiger partial charge in [0.1, 0.15) is 6.04 Å². The highest BCUT2D eigenvalue weighted by Gasteiger charge is 2.37. The summed E-state index contributed by atoms with van der Waals surface area (Å²) in [4.78, 5) is 13.0. The molecular formula is C12H14F3NO2. The van der Waals surface area contributed by atoms with Crippen LogP contribution in [0.25, 0.3) is 0 Å². The Bertz CT molecular complexity index is 430. The van der Waals surface area contributed by atoms with E-state index in [0.717, 1.165) is 13.2 Å². The molecule has 100 valence electrons. The first-order valence-corrected chi connectivity index (χ1v) is 5.19. The van der Waals surface area contributed by atoms with Crippen LogP contribution < -0.4 is 0 Å². The average molecular weight is 261 g/mol. The van der Waals surface area contributed by atoms with Gasteiger partial charge in [-0.2, -0.15) is 13.2 Å². The second kappa shape index (κ2) is 5.39. The number of hydrogen-bond acceptors (Lipinski definition) is 3. The van der Waals surface area contributed by atoms with Crippen LogP contribution in [-0.2, 0) is 15.7 Å². The van der Waals surface area contributed by atoms with Gasteiger partial charge in [0.05, 0.1) is 12.7 Å². The molecule has 0 fully saturated rings. The number of hydrogen-bond donors (Lipinski definition) is 0. The van der Waals surface area contributed by atoms with Gasteiger partial charge in [0.25, 0.3) is 0 Å². The highest BCUT2D eigenvalue weighted by molar-refractivity contribution is 5.78. The van der Waals surface area contributed by atoms with Crippen LogP contribution in [0, 0.1) is 0 Å². The van der Waals surface area contributed by atoms with E-state index < -0.39 is 23.8 Å². The Morgan fingerprint density at radius 1 is 1.28 bits per heavy atom. The first-order valence-electron chi connectivity index (χ1n) is 5.19. The van der Waals surface area contributed by atoms with E-state index >= 15 is 0 Å². The Labute approximate surface area is 103 Å². The molecular weight excluding hydrogens is 247 g/mol. The van der Waals surface area contributed by atoms with E-state index in [0.29, 0.717) is 0 Å². The van der Waals surface area contributed by atoms with Crippen molar-refractivity contribution in [2.75, 3.05) is 21.2 Å². The fraction of sp³-hybridized carbons (Fsp3) is 0.417. The molecule has 0 radical (unpaired) electrons. The summed E-state index contributed by atoms with van der Waals surface area (Å²) >= 11 is 0. The summed E-state index contributed by atoms with van der Waals surface area (Å²) in [6.45, 7) is 0. The van der Waals surface area contributed by atoms with Gasteiger partial charge < -0.3 is 4.74 Å². The third-order valence-electron chi connectivity index (χ3n) is 2.50. The monoisotopic (exact) mass is 261 g/mol. The molecule has 1 unspecified atom stereocenters. The minimum Gasteiger partial charge on any atom is -0.468 e. The van der Waals surface area contributed by atoms with Gasteiger partial charge in [0.15, 0.2) is 0 Å². The van der Waals surface area contributed by atoms with Crippen molar-refractivity contribution in [1.29, 1.82) is 0 Å². The lowest BCUT2D eigenvalue weighted by Gasteiger charge is -2.25. The van der Waals surface area contributed by atoms with Crippen LogP contribution >= 0.6 is 0 Å². The van der Waals surface area contributed by atoms with Gasteiger partial charge in [-0.05, 0) is 25.7 Å². The third kappa shape index (κ3) is 3.01. The fourth-order valence-corrected chi connectivity index (χ4v) is 1.72. The van der Waals surface area contributed by atoms with Gasteiger partial charge in [-0.25, -0.2) is 4.79 Å². The lowest BCUT2D eigenvalue weighted by atomic mass is 9.99. The van der Waals surface area contributed by atoms with Gasteiger partial charge in [-0.15, -0.1) is 0 Å². The Hall–Kier alpha value is -1.56. The number of nitrogens with zero attached hydrogens (tertiary/aromatic N) is 1. The number of likely N-dealkylation sites (N-methyl/N-ethyl adjacent to an activating group) is 1. The maximum absolute atomic E-state index is 12.9. The number of rotatable bonds is 3. The van der Waals surface area contributed by atoms with E-state index in [1.165, 1.54) is 37.2 Å². The molecule has 0 spiro atoms. The van der Waals surface area contributed by atoms with Crippen LogP contribution in [0.2, 0.25) is 0 Å². The maximum atomic E-state index is 12.9. The molecule has 1 atom stereocenters. The highest BCUT2D eigenvalue weighted by Crippen LogP contribution is 2.36. The van der Waals surface area contributed by atoms with E-state index in [1.807, 2.05) is 0 Å². The standard InChI is InChI=1S/C12H14F3NO2/c1-16(2)10(11(17)18-3)8-6-4-5-7-9(8)12(13,14)15/h4-7,10H,1-3H3. The van der Waals surface area contributed by atoms with Crippen molar-refractivity contribution < 1.29 is 22.7 Å². The number of methoxy groups -OCH3 is 1. The number of carbonyl (C=O) groups excluding carboxylic acids is 1. The summed E-state index contributed by atoms with van der Waals surface area (Å²) < 4.78 is 43.2. The lowest BCUT2D eigenvalue weighted by molar-refractivity contribution is -0.147. The first kappa shape index (κ1) is 14.5. The zero-order valence-electron chi connectivity index (χ0n) is 10.3. The van der Waals surface area contributed by atoms with Crippen LogP contribution in [0.3, 0.4) is 0 Å². The average Bonchev–Trinajstić information content (AvgIpc) is 2.27. The van der Waals surface area contributed by atoms with E-state index in [2.05, 4.69) is 4.74 Å². The smallest absolute Gasteiger partial charge is 0.416 e. The van der Waals surface area contributed by atoms with Crippen molar-refractivity contribution in [1.82, 2.24) is 4.90 Å². The molecule has 6 heteroatoms. The summed E-state index contributed by atoms with van der Waals surface area (Å²) in [5.74, 6) is -0.725. The second-order valence-corrected chi connectivity index (χ2v) is 3.97. The Morgan fingerprint density at radius 3 is 2.28 bits per heavy atom. The summed E-state index contributed by atoms with van der Waals surface area (Å²) in [6.07, 6.45) is -4.50. The molecule has 1 rings (SSSR count). The van der Waals surface area contributed by atoms with Crippen molar-refractivity contribution in [3.8, 4) is 0 Å². The lowest BCUT2D eigenvalue weighted by Crippen LogP contribution is -2.30. The molecule has 0 saturated heterocycles. The number of carbonyl (C=O) groups is 1. The number of esters is 1. The molecule has 0 heterocycles. The van der Waals surface area contributed by atoms with Gasteiger partial charge >= 0.3 is 12.1 Å². The predicted molar refractivity (Wildman–Crippen MR) is 59.9 cm³/mol. The molecule has 0 saturated carbocycles. The van der Waals surface area contributed by atoms with E-state index in [1.54, 1.807) is 0 Å². The fourth-order valence-electron chi connectivity index (χ4n) is 1.72. The highest BCUT2D eigenvalue weighted by atomic mass is 19.4. The van der Waals surface area contributed by atoms with Crippen LogP contribution in [0.4, 0.5) is 13.2 Å². The number of alkyl halides is 3. The molecule has 0 aliphatic heterocycles. The summed E-state index contributed by atoms with van der Waals surface area (Å²) in [7, 11) is 4.19. The molecule has 0 N–H and O–H groups in total. The molecule has 0 aliphatic rings. The summed E-state index contributed by atoms with van der Waals surface area (Å²) in [5.41, 5.74) is -0.934. The molecule has 1 aromatic carbocycles. The molecule has 1 aromatic rings. The minimum atomic E-state index is -4.50. The molecule has 0 aliphatic carbocycles. The minimum absolute atomic E-state index is 0.109. The van der Waals surface area contributed by atoms with Gasteiger partial charge in [-0.3, -0.25) is 4.90 Å². The van der Waals surface area contributed by atoms with Crippen molar-refractivity contribution >= 4 is 5.97 Å². The maximum Gasteiger partial charge on any atom is 0.416 e. The van der Waals surface area contributed by atoms with Crippen LogP contribution in [0.5, 0.6) is 0 Å². The van der Waals surface area contributed by atoms with Gasteiger partial charge in [0.2, 0.25) is 0 Å². The predicted octanol–water partition coefficient (Wildman–Crippen LogP) is 2.48. The third-order valence-corrected chi connectivity index (χ3v) is 2.50. The zero-order chi connectivity index (χ0) is 13.9. The van der Waals surface area contributed by atoms with E-state index in [9.17, 15) is 18.0 Å². The molecule has 0 aromatic heterocycles. The largest absolute Gasteiger partial charge is 0.468 e. The van der Waals surface area contributed by atoms with Crippen LogP contribution in [-0.4, -0.2) is 32.1 Å². The number of halogens is 3. The topological polar surface area (TPSA) is 29.5 Å². The molecule has 0 bridgehead atoms. The van der Waals surface area contributed by atoms with Crippen LogP contribution in [0.15, 0.2) is 24.3 Å². The van der Waals surface area contributed by atoms with Crippen molar-refractivity contribution in [3.05, 3.63) is 35.4 Å². The van der Waals surface area contributed by atoms with Crippen molar-refractivity contribution in [2.45, 2.75) is 12.2 Å². The summed E-state index contributed by atoms with van der Waals surface area (Å²) in [6, 6.07) is 3.91.